The highest BCUT2D eigenvalue weighted by atomic mass is 32.2. The Morgan fingerprint density at radius 1 is 0.944 bits per heavy atom. The van der Waals surface area contributed by atoms with E-state index in [4.69, 9.17) is 0 Å². The molecule has 1 rings (SSSR count). The molecule has 3 N–H and O–H groups in total. The lowest BCUT2D eigenvalue weighted by molar-refractivity contribution is 0.460. The first-order chi connectivity index (χ1) is 8.64. The van der Waals surface area contributed by atoms with Gasteiger partial charge in [-0.3, -0.25) is 0 Å². The Balaban J connectivity index is 2.10. The summed E-state index contributed by atoms with van der Waals surface area (Å²) in [5, 5.41) is 3.44. The summed E-state index contributed by atoms with van der Waals surface area (Å²) in [5.41, 5.74) is 0. The van der Waals surface area contributed by atoms with E-state index in [1.165, 1.54) is 38.5 Å². The Morgan fingerprint density at radius 2 is 1.56 bits per heavy atom. The fourth-order valence-electron chi connectivity index (χ4n) is 2.23. The normalized spacial score (nSPS) is 18.7. The summed E-state index contributed by atoms with van der Waals surface area (Å²) in [4.78, 5) is 0. The number of hydrogen-bond acceptors (Lipinski definition) is 3. The summed E-state index contributed by atoms with van der Waals surface area (Å²) < 4.78 is 27.9. The van der Waals surface area contributed by atoms with Crippen LogP contribution in [0.25, 0.3) is 0 Å². The summed E-state index contributed by atoms with van der Waals surface area (Å²) >= 11 is 0. The van der Waals surface area contributed by atoms with Crippen LogP contribution in [0.4, 0.5) is 0 Å². The number of rotatable bonds is 8. The average Bonchev–Trinajstić information content (AvgIpc) is 2.61. The van der Waals surface area contributed by atoms with Gasteiger partial charge in [0.15, 0.2) is 0 Å². The van der Waals surface area contributed by atoms with E-state index in [9.17, 15) is 8.42 Å². The van der Waals surface area contributed by atoms with Crippen molar-refractivity contribution in [2.45, 2.75) is 57.9 Å². The van der Waals surface area contributed by atoms with Gasteiger partial charge >= 0.3 is 0 Å². The second-order valence-corrected chi connectivity index (χ2v) is 6.52. The van der Waals surface area contributed by atoms with Gasteiger partial charge in [-0.05, 0) is 19.3 Å². The summed E-state index contributed by atoms with van der Waals surface area (Å²) in [6, 6.07) is 0.570. The van der Waals surface area contributed by atoms with E-state index in [-0.39, 0.29) is 0 Å². The molecule has 1 fully saturated rings. The highest BCUT2D eigenvalue weighted by molar-refractivity contribution is 7.87. The fraction of sp³-hybridized carbons (Fsp3) is 1.00. The van der Waals surface area contributed by atoms with Gasteiger partial charge in [0, 0.05) is 25.7 Å². The molecule has 108 valence electrons. The Labute approximate surface area is 111 Å². The van der Waals surface area contributed by atoms with Crippen LogP contribution >= 0.6 is 0 Å². The number of nitrogens with one attached hydrogen (secondary N) is 3. The molecule has 0 radical (unpaired) electrons. The maximum atomic E-state index is 11.4. The Morgan fingerprint density at radius 3 is 2.17 bits per heavy atom. The molecule has 1 aliphatic carbocycles. The van der Waals surface area contributed by atoms with Gasteiger partial charge < -0.3 is 5.32 Å². The second-order valence-electron chi connectivity index (χ2n) is 4.93. The van der Waals surface area contributed by atoms with Crippen molar-refractivity contribution in [3.63, 3.8) is 0 Å². The Kier molecular flexibility index (Phi) is 7.81. The molecule has 0 spiro atoms. The van der Waals surface area contributed by atoms with Crippen LogP contribution < -0.4 is 14.8 Å². The van der Waals surface area contributed by atoms with Crippen molar-refractivity contribution in [2.75, 3.05) is 19.6 Å². The minimum absolute atomic E-state index is 0.454. The molecule has 5 nitrogen and oxygen atoms in total. The van der Waals surface area contributed by atoms with Crippen LogP contribution in [-0.4, -0.2) is 34.1 Å². The molecule has 0 unspecified atom stereocenters. The third-order valence-corrected chi connectivity index (χ3v) is 4.42. The summed E-state index contributed by atoms with van der Waals surface area (Å²) in [6.07, 6.45) is 8.52. The van der Waals surface area contributed by atoms with Crippen LogP contribution in [0, 0.1) is 0 Å². The lowest BCUT2D eigenvalue weighted by atomic mass is 10.1. The molecule has 0 aromatic carbocycles. The molecule has 0 atom stereocenters. The highest BCUT2D eigenvalue weighted by Crippen LogP contribution is 2.16. The van der Waals surface area contributed by atoms with Crippen LogP contribution in [0.1, 0.15) is 51.9 Å². The fourth-order valence-corrected chi connectivity index (χ4v) is 3.18. The quantitative estimate of drug-likeness (QED) is 0.460. The van der Waals surface area contributed by atoms with E-state index >= 15 is 0 Å². The van der Waals surface area contributed by atoms with Crippen molar-refractivity contribution >= 4 is 10.2 Å². The van der Waals surface area contributed by atoms with Crippen molar-refractivity contribution in [1.29, 1.82) is 0 Å². The largest absolute Gasteiger partial charge is 0.313 e. The van der Waals surface area contributed by atoms with Gasteiger partial charge in [-0.15, -0.1) is 0 Å². The second kappa shape index (κ2) is 8.85. The standard InChI is InChI=1S/C12H27N3O2S/c1-2-9-14-18(16,17)15-11-10-13-12-7-5-3-4-6-8-12/h12-15H,2-11H2,1H3. The lowest BCUT2D eigenvalue weighted by Gasteiger charge is -2.16. The topological polar surface area (TPSA) is 70.2 Å². The van der Waals surface area contributed by atoms with E-state index in [1.807, 2.05) is 6.92 Å². The van der Waals surface area contributed by atoms with Crippen LogP contribution in [0.15, 0.2) is 0 Å². The smallest absolute Gasteiger partial charge is 0.276 e. The van der Waals surface area contributed by atoms with Gasteiger partial charge in [0.05, 0.1) is 0 Å². The third-order valence-electron chi connectivity index (χ3n) is 3.25. The monoisotopic (exact) mass is 277 g/mol. The van der Waals surface area contributed by atoms with Gasteiger partial charge in [-0.25, -0.2) is 9.44 Å². The average molecular weight is 277 g/mol. The molecule has 0 aliphatic heterocycles. The van der Waals surface area contributed by atoms with Crippen molar-refractivity contribution in [1.82, 2.24) is 14.8 Å². The predicted octanol–water partition coefficient (Wildman–Crippen LogP) is 1.13. The van der Waals surface area contributed by atoms with E-state index in [1.54, 1.807) is 0 Å². The van der Waals surface area contributed by atoms with Crippen LogP contribution in [0.3, 0.4) is 0 Å². The third kappa shape index (κ3) is 7.31. The molecule has 0 aromatic heterocycles. The molecule has 6 heteroatoms. The first kappa shape index (κ1) is 15.9. The molecular weight excluding hydrogens is 250 g/mol. The van der Waals surface area contributed by atoms with E-state index in [0.717, 1.165) is 6.42 Å². The van der Waals surface area contributed by atoms with E-state index in [2.05, 4.69) is 14.8 Å². The Hall–Kier alpha value is -0.170. The van der Waals surface area contributed by atoms with Crippen molar-refractivity contribution in [3.8, 4) is 0 Å². The molecule has 1 aliphatic rings. The zero-order chi connectivity index (χ0) is 13.3. The van der Waals surface area contributed by atoms with Crippen LogP contribution in [-0.2, 0) is 10.2 Å². The number of hydrogen-bond donors (Lipinski definition) is 3. The van der Waals surface area contributed by atoms with Crippen LogP contribution in [0.2, 0.25) is 0 Å². The van der Waals surface area contributed by atoms with Gasteiger partial charge in [0.25, 0.3) is 10.2 Å². The molecule has 0 saturated heterocycles. The van der Waals surface area contributed by atoms with Gasteiger partial charge in [0.1, 0.15) is 0 Å². The maximum Gasteiger partial charge on any atom is 0.276 e. The summed E-state index contributed by atoms with van der Waals surface area (Å²) in [6.45, 7) is 3.59. The van der Waals surface area contributed by atoms with Crippen LogP contribution in [0.5, 0.6) is 0 Å². The lowest BCUT2D eigenvalue weighted by Crippen LogP contribution is -2.41. The van der Waals surface area contributed by atoms with E-state index in [0.29, 0.717) is 25.7 Å². The van der Waals surface area contributed by atoms with Crippen molar-refractivity contribution < 1.29 is 8.42 Å². The molecular formula is C12H27N3O2S. The summed E-state index contributed by atoms with van der Waals surface area (Å²) in [5.74, 6) is 0. The molecule has 0 amide bonds. The molecule has 0 aromatic rings. The van der Waals surface area contributed by atoms with Gasteiger partial charge in [-0.2, -0.15) is 8.42 Å². The first-order valence-electron chi connectivity index (χ1n) is 7.11. The van der Waals surface area contributed by atoms with Gasteiger partial charge in [0.2, 0.25) is 0 Å². The minimum Gasteiger partial charge on any atom is -0.313 e. The molecule has 0 heterocycles. The zero-order valence-corrected chi connectivity index (χ0v) is 12.2. The zero-order valence-electron chi connectivity index (χ0n) is 11.4. The first-order valence-corrected chi connectivity index (χ1v) is 8.60. The van der Waals surface area contributed by atoms with Gasteiger partial charge in [-0.1, -0.05) is 32.6 Å². The molecule has 1 saturated carbocycles. The highest BCUT2D eigenvalue weighted by Gasteiger charge is 2.12. The maximum absolute atomic E-state index is 11.4. The SMILES string of the molecule is CCCNS(=O)(=O)NCCNC1CCCCCC1. The molecule has 18 heavy (non-hydrogen) atoms. The van der Waals surface area contributed by atoms with E-state index < -0.39 is 10.2 Å². The predicted molar refractivity (Wildman–Crippen MR) is 74.7 cm³/mol. The molecule has 0 bridgehead atoms. The van der Waals surface area contributed by atoms with Crippen molar-refractivity contribution in [3.05, 3.63) is 0 Å². The Bertz CT molecular complexity index is 298. The summed E-state index contributed by atoms with van der Waals surface area (Å²) in [7, 11) is -3.29. The minimum atomic E-state index is -3.29. The van der Waals surface area contributed by atoms with Crippen molar-refractivity contribution in [2.24, 2.45) is 0 Å².